The second-order valence-electron chi connectivity index (χ2n) is 4.88. The van der Waals surface area contributed by atoms with Crippen LogP contribution in [-0.2, 0) is 4.79 Å². The highest BCUT2D eigenvalue weighted by Crippen LogP contribution is 2.27. The Morgan fingerprint density at radius 2 is 1.95 bits per heavy atom. The zero-order valence-electron chi connectivity index (χ0n) is 11.3. The smallest absolute Gasteiger partial charge is 0.227 e. The van der Waals surface area contributed by atoms with Gasteiger partial charge in [-0.25, -0.2) is 4.98 Å². The van der Waals surface area contributed by atoms with E-state index in [1.807, 2.05) is 24.3 Å². The fourth-order valence-corrected chi connectivity index (χ4v) is 2.22. The minimum absolute atomic E-state index is 0.356. The quantitative estimate of drug-likeness (QED) is 0.801. The number of hydrogen-bond donors (Lipinski definition) is 1. The Bertz CT molecular complexity index is 809. The molecule has 3 aromatic rings. The van der Waals surface area contributed by atoms with Crippen LogP contribution in [0.1, 0.15) is 18.4 Å². The number of carbonyl (C=O) groups is 1. The normalized spacial score (nSPS) is 12.5. The Morgan fingerprint density at radius 1 is 1.24 bits per heavy atom. The topological polar surface area (TPSA) is 69.1 Å². The van der Waals surface area contributed by atoms with Crippen molar-refractivity contribution in [1.82, 2.24) is 4.98 Å². The second-order valence-corrected chi connectivity index (χ2v) is 5.31. The molecule has 2 N–H and O–H groups in total. The van der Waals surface area contributed by atoms with Crippen LogP contribution in [0.2, 0.25) is 5.02 Å². The zero-order valence-corrected chi connectivity index (χ0v) is 12.1. The average molecular weight is 301 g/mol. The van der Waals surface area contributed by atoms with Gasteiger partial charge in [0.05, 0.1) is 5.92 Å². The first-order valence-electron chi connectivity index (χ1n) is 6.50. The molecule has 5 heteroatoms. The molecule has 0 fully saturated rings. The molecule has 0 aliphatic carbocycles. The van der Waals surface area contributed by atoms with Crippen LogP contribution >= 0.6 is 11.6 Å². The predicted molar refractivity (Wildman–Crippen MR) is 82.1 cm³/mol. The molecule has 21 heavy (non-hydrogen) atoms. The zero-order chi connectivity index (χ0) is 15.0. The van der Waals surface area contributed by atoms with Gasteiger partial charge in [0.1, 0.15) is 5.52 Å². The van der Waals surface area contributed by atoms with Crippen molar-refractivity contribution in [3.8, 4) is 11.5 Å². The third-order valence-electron chi connectivity index (χ3n) is 3.43. The molecule has 0 spiro atoms. The number of nitrogens with zero attached hydrogens (tertiary/aromatic N) is 1. The maximum absolute atomic E-state index is 11.3. The van der Waals surface area contributed by atoms with Gasteiger partial charge in [-0.05, 0) is 48.9 Å². The lowest BCUT2D eigenvalue weighted by molar-refractivity contribution is -0.119. The highest BCUT2D eigenvalue weighted by molar-refractivity contribution is 6.30. The Balaban J connectivity index is 2.04. The van der Waals surface area contributed by atoms with Gasteiger partial charge >= 0.3 is 0 Å². The molecule has 1 amide bonds. The Morgan fingerprint density at radius 3 is 2.62 bits per heavy atom. The summed E-state index contributed by atoms with van der Waals surface area (Å²) in [7, 11) is 0. The van der Waals surface area contributed by atoms with Crippen molar-refractivity contribution in [2.24, 2.45) is 5.73 Å². The van der Waals surface area contributed by atoms with Crippen LogP contribution in [0.4, 0.5) is 0 Å². The summed E-state index contributed by atoms with van der Waals surface area (Å²) in [6, 6.07) is 12.7. The summed E-state index contributed by atoms with van der Waals surface area (Å²) >= 11 is 5.87. The largest absolute Gasteiger partial charge is 0.436 e. The van der Waals surface area contributed by atoms with Gasteiger partial charge in [-0.3, -0.25) is 4.79 Å². The molecule has 0 saturated carbocycles. The van der Waals surface area contributed by atoms with Gasteiger partial charge in [0.25, 0.3) is 0 Å². The Kier molecular flexibility index (Phi) is 3.39. The monoisotopic (exact) mass is 300 g/mol. The summed E-state index contributed by atoms with van der Waals surface area (Å²) in [5, 5.41) is 0.660. The predicted octanol–water partition coefficient (Wildman–Crippen LogP) is 3.74. The van der Waals surface area contributed by atoms with Crippen molar-refractivity contribution in [3.05, 3.63) is 53.1 Å². The van der Waals surface area contributed by atoms with Gasteiger partial charge in [-0.2, -0.15) is 0 Å². The number of fused-ring (bicyclic) bond motifs is 1. The lowest BCUT2D eigenvalue weighted by Gasteiger charge is -2.06. The number of halogens is 1. The van der Waals surface area contributed by atoms with E-state index in [0.29, 0.717) is 22.0 Å². The fourth-order valence-electron chi connectivity index (χ4n) is 2.09. The molecular weight excluding hydrogens is 288 g/mol. The lowest BCUT2D eigenvalue weighted by atomic mass is 10.0. The molecule has 1 aromatic heterocycles. The van der Waals surface area contributed by atoms with Crippen LogP contribution in [0.5, 0.6) is 0 Å². The summed E-state index contributed by atoms with van der Waals surface area (Å²) in [6.07, 6.45) is 0. The lowest BCUT2D eigenvalue weighted by Crippen LogP contribution is -2.18. The molecule has 0 aliphatic rings. The van der Waals surface area contributed by atoms with Crippen LogP contribution in [-0.4, -0.2) is 10.9 Å². The van der Waals surface area contributed by atoms with E-state index in [2.05, 4.69) is 4.98 Å². The summed E-state index contributed by atoms with van der Waals surface area (Å²) in [5.41, 5.74) is 8.37. The standard InChI is InChI=1S/C16H13ClN2O2/c1-9(15(18)20)11-4-7-14-13(8-11)19-16(21-14)10-2-5-12(17)6-3-10/h2-9H,1H3,(H2,18,20). The third kappa shape index (κ3) is 2.62. The highest BCUT2D eigenvalue weighted by atomic mass is 35.5. The third-order valence-corrected chi connectivity index (χ3v) is 3.68. The van der Waals surface area contributed by atoms with Crippen LogP contribution < -0.4 is 5.73 Å². The molecule has 4 nitrogen and oxygen atoms in total. The first kappa shape index (κ1) is 13.6. The van der Waals surface area contributed by atoms with Crippen molar-refractivity contribution < 1.29 is 9.21 Å². The minimum Gasteiger partial charge on any atom is -0.436 e. The van der Waals surface area contributed by atoms with Crippen LogP contribution in [0.15, 0.2) is 46.9 Å². The van der Waals surface area contributed by atoms with Crippen molar-refractivity contribution >= 4 is 28.6 Å². The molecule has 0 aliphatic heterocycles. The maximum Gasteiger partial charge on any atom is 0.227 e. The fraction of sp³-hybridized carbons (Fsp3) is 0.125. The number of primary amides is 1. The second kappa shape index (κ2) is 5.22. The van der Waals surface area contributed by atoms with Gasteiger partial charge < -0.3 is 10.2 Å². The van der Waals surface area contributed by atoms with E-state index in [0.717, 1.165) is 11.1 Å². The van der Waals surface area contributed by atoms with Gasteiger partial charge in [0, 0.05) is 10.6 Å². The number of rotatable bonds is 3. The number of amides is 1. The number of nitrogens with two attached hydrogens (primary N) is 1. The summed E-state index contributed by atoms with van der Waals surface area (Å²) in [5.74, 6) is -0.202. The Hall–Kier alpha value is -2.33. The first-order chi connectivity index (χ1) is 10.0. The van der Waals surface area contributed by atoms with Gasteiger partial charge in [0.2, 0.25) is 11.8 Å². The molecule has 2 aromatic carbocycles. The number of aromatic nitrogens is 1. The van der Waals surface area contributed by atoms with Crippen molar-refractivity contribution in [1.29, 1.82) is 0 Å². The number of oxazole rings is 1. The van der Waals surface area contributed by atoms with Gasteiger partial charge in [-0.1, -0.05) is 17.7 Å². The van der Waals surface area contributed by atoms with Crippen LogP contribution in [0, 0.1) is 0 Å². The van der Waals surface area contributed by atoms with E-state index in [1.54, 1.807) is 25.1 Å². The summed E-state index contributed by atoms with van der Waals surface area (Å²) in [4.78, 5) is 15.7. The number of hydrogen-bond acceptors (Lipinski definition) is 3. The van der Waals surface area contributed by atoms with E-state index in [-0.39, 0.29) is 11.8 Å². The molecule has 1 atom stereocenters. The summed E-state index contributed by atoms with van der Waals surface area (Å²) in [6.45, 7) is 1.77. The highest BCUT2D eigenvalue weighted by Gasteiger charge is 2.14. The molecule has 1 unspecified atom stereocenters. The molecule has 106 valence electrons. The van der Waals surface area contributed by atoms with E-state index in [4.69, 9.17) is 21.8 Å². The molecule has 0 bridgehead atoms. The first-order valence-corrected chi connectivity index (χ1v) is 6.88. The SMILES string of the molecule is CC(C(N)=O)c1ccc2oc(-c3ccc(Cl)cc3)nc2c1. The molecule has 0 saturated heterocycles. The molecular formula is C16H13ClN2O2. The van der Waals surface area contributed by atoms with E-state index >= 15 is 0 Å². The van der Waals surface area contributed by atoms with Crippen LogP contribution in [0.25, 0.3) is 22.6 Å². The van der Waals surface area contributed by atoms with Gasteiger partial charge in [-0.15, -0.1) is 0 Å². The van der Waals surface area contributed by atoms with Crippen molar-refractivity contribution in [2.45, 2.75) is 12.8 Å². The summed E-state index contributed by atoms with van der Waals surface area (Å²) < 4.78 is 5.72. The van der Waals surface area contributed by atoms with E-state index < -0.39 is 0 Å². The van der Waals surface area contributed by atoms with Gasteiger partial charge in [0.15, 0.2) is 5.58 Å². The van der Waals surface area contributed by atoms with E-state index in [9.17, 15) is 4.79 Å². The maximum atomic E-state index is 11.3. The Labute approximate surface area is 126 Å². The average Bonchev–Trinajstić information content (AvgIpc) is 2.89. The molecule has 1 heterocycles. The number of benzene rings is 2. The van der Waals surface area contributed by atoms with Crippen LogP contribution in [0.3, 0.4) is 0 Å². The van der Waals surface area contributed by atoms with E-state index in [1.165, 1.54) is 0 Å². The number of carbonyl (C=O) groups excluding carboxylic acids is 1. The molecule has 3 rings (SSSR count). The van der Waals surface area contributed by atoms with Crippen molar-refractivity contribution in [2.75, 3.05) is 0 Å². The minimum atomic E-state index is -0.365. The molecule has 0 radical (unpaired) electrons. The van der Waals surface area contributed by atoms with Crippen molar-refractivity contribution in [3.63, 3.8) is 0 Å².